The van der Waals surface area contributed by atoms with Gasteiger partial charge in [0.2, 0.25) is 0 Å². The van der Waals surface area contributed by atoms with Crippen molar-refractivity contribution < 1.29 is 31.5 Å². The number of rotatable bonds is 4. The molecule has 132 valence electrons. The zero-order valence-corrected chi connectivity index (χ0v) is 13.8. The number of halogens is 6. The van der Waals surface area contributed by atoms with Crippen molar-refractivity contribution in [2.24, 2.45) is 17.3 Å². The van der Waals surface area contributed by atoms with Gasteiger partial charge < -0.3 is 4.74 Å². The predicted octanol–water partition coefficient (Wildman–Crippen LogP) is 4.92. The molecule has 2 rings (SSSR count). The smallest absolute Gasteiger partial charge is 0.310 e. The Morgan fingerprint density at radius 3 is 2.12 bits per heavy atom. The molecule has 2 unspecified atom stereocenters. The first-order chi connectivity index (χ1) is 11.0. The van der Waals surface area contributed by atoms with Gasteiger partial charge in [0.05, 0.1) is 11.5 Å². The molecule has 1 aliphatic rings. The first-order valence-corrected chi connectivity index (χ1v) is 7.38. The Morgan fingerprint density at radius 1 is 1.17 bits per heavy atom. The highest BCUT2D eigenvalue weighted by atomic mass is 35.5. The summed E-state index contributed by atoms with van der Waals surface area (Å²) >= 11 is 5.13. The van der Waals surface area contributed by atoms with Crippen LogP contribution in [0.2, 0.25) is 0 Å². The lowest BCUT2D eigenvalue weighted by atomic mass is 10.1. The van der Waals surface area contributed by atoms with Crippen LogP contribution in [0, 0.1) is 47.4 Å². The second kappa shape index (κ2) is 6.35. The van der Waals surface area contributed by atoms with Gasteiger partial charge in [-0.2, -0.15) is 4.39 Å². The van der Waals surface area contributed by atoms with Gasteiger partial charge in [0.25, 0.3) is 0 Å². The fourth-order valence-corrected chi connectivity index (χ4v) is 2.86. The van der Waals surface area contributed by atoms with Gasteiger partial charge in [-0.15, -0.1) is 0 Å². The third-order valence-electron chi connectivity index (χ3n) is 4.40. The van der Waals surface area contributed by atoms with Crippen LogP contribution < -0.4 is 0 Å². The molecule has 24 heavy (non-hydrogen) atoms. The highest BCUT2D eigenvalue weighted by molar-refractivity contribution is 6.28. The summed E-state index contributed by atoms with van der Waals surface area (Å²) in [6.07, 6.45) is 1.04. The lowest BCUT2D eigenvalue weighted by molar-refractivity contribution is -0.147. The molecule has 0 aromatic heterocycles. The number of hydrogen-bond donors (Lipinski definition) is 0. The van der Waals surface area contributed by atoms with Crippen LogP contribution in [0.25, 0.3) is 0 Å². The van der Waals surface area contributed by atoms with Gasteiger partial charge in [0, 0.05) is 11.5 Å². The van der Waals surface area contributed by atoms with Crippen LogP contribution in [-0.2, 0) is 16.1 Å². The molecule has 0 radical (unpaired) electrons. The average Bonchev–Trinajstić information content (AvgIpc) is 3.02. The summed E-state index contributed by atoms with van der Waals surface area (Å²) in [6.45, 7) is 3.23. The molecule has 0 spiro atoms. The predicted molar refractivity (Wildman–Crippen MR) is 76.6 cm³/mol. The molecule has 0 heterocycles. The third kappa shape index (κ3) is 3.14. The van der Waals surface area contributed by atoms with Gasteiger partial charge >= 0.3 is 5.97 Å². The minimum absolute atomic E-state index is 0.538. The highest BCUT2D eigenvalue weighted by Crippen LogP contribution is 2.60. The van der Waals surface area contributed by atoms with Crippen molar-refractivity contribution in [2.45, 2.75) is 27.4 Å². The van der Waals surface area contributed by atoms with Crippen molar-refractivity contribution in [3.05, 3.63) is 45.8 Å². The Kier molecular flexibility index (Phi) is 4.95. The molecule has 1 aromatic rings. The lowest BCUT2D eigenvalue weighted by Gasteiger charge is -2.10. The Hall–Kier alpha value is -1.63. The van der Waals surface area contributed by atoms with E-state index in [-0.39, 0.29) is 0 Å². The molecule has 8 heteroatoms. The van der Waals surface area contributed by atoms with E-state index in [1.165, 1.54) is 0 Å². The standard InChI is InChI=1S/C16H14ClF5O2/c1-6-11(19)13(21)7(14(22)12(6)20)5-24-15(23)10-8(4-9(17)18)16(10,2)3/h4,8,10H,5H2,1-3H3/b9-4-. The van der Waals surface area contributed by atoms with E-state index in [2.05, 4.69) is 0 Å². The second-order valence-corrected chi connectivity index (χ2v) is 6.61. The summed E-state index contributed by atoms with van der Waals surface area (Å²) in [5, 5.41) is -0.983. The number of ether oxygens (including phenoxy) is 1. The molecule has 1 saturated carbocycles. The SMILES string of the molecule is Cc1c(F)c(F)c(COC(=O)C2C(/C=C(\F)Cl)C2(C)C)c(F)c1F. The Balaban J connectivity index is 2.16. The fraction of sp³-hybridized carbons (Fsp3) is 0.438. The van der Waals surface area contributed by atoms with Crippen LogP contribution in [0.4, 0.5) is 22.0 Å². The van der Waals surface area contributed by atoms with Gasteiger partial charge in [-0.05, 0) is 18.4 Å². The maximum absolute atomic E-state index is 13.7. The van der Waals surface area contributed by atoms with Crippen molar-refractivity contribution in [1.29, 1.82) is 0 Å². The number of esters is 1. The average molecular weight is 369 g/mol. The van der Waals surface area contributed by atoms with Gasteiger partial charge in [-0.25, -0.2) is 17.6 Å². The maximum Gasteiger partial charge on any atom is 0.310 e. The molecule has 0 amide bonds. The first-order valence-electron chi connectivity index (χ1n) is 7.01. The van der Waals surface area contributed by atoms with E-state index in [1.54, 1.807) is 13.8 Å². The minimum atomic E-state index is -1.61. The number of hydrogen-bond acceptors (Lipinski definition) is 2. The maximum atomic E-state index is 13.7. The lowest BCUT2D eigenvalue weighted by Crippen LogP contribution is -2.14. The molecule has 0 N–H and O–H groups in total. The Morgan fingerprint density at radius 2 is 1.67 bits per heavy atom. The summed E-state index contributed by atoms with van der Waals surface area (Å²) < 4.78 is 71.9. The number of carbonyl (C=O) groups excluding carboxylic acids is 1. The van der Waals surface area contributed by atoms with Crippen molar-refractivity contribution in [1.82, 2.24) is 0 Å². The van der Waals surface area contributed by atoms with Crippen LogP contribution >= 0.6 is 11.6 Å². The van der Waals surface area contributed by atoms with Crippen molar-refractivity contribution in [3.63, 3.8) is 0 Å². The Bertz CT molecular complexity index is 697. The van der Waals surface area contributed by atoms with Crippen molar-refractivity contribution >= 4 is 17.6 Å². The molecule has 1 aliphatic carbocycles. The summed E-state index contributed by atoms with van der Waals surface area (Å²) in [5.74, 6) is -8.49. The molecule has 0 aliphatic heterocycles. The van der Waals surface area contributed by atoms with Crippen LogP contribution in [0.3, 0.4) is 0 Å². The molecule has 2 atom stereocenters. The normalized spacial score (nSPS) is 22.5. The van der Waals surface area contributed by atoms with Crippen LogP contribution in [-0.4, -0.2) is 5.97 Å². The Labute approximate surface area is 140 Å². The zero-order valence-electron chi connectivity index (χ0n) is 13.0. The van der Waals surface area contributed by atoms with Gasteiger partial charge in [0.1, 0.15) is 6.61 Å². The fourth-order valence-electron chi connectivity index (χ4n) is 2.72. The third-order valence-corrected chi connectivity index (χ3v) is 4.53. The minimum Gasteiger partial charge on any atom is -0.460 e. The zero-order chi connectivity index (χ0) is 18.4. The monoisotopic (exact) mass is 368 g/mol. The molecule has 1 aromatic carbocycles. The van der Waals surface area contributed by atoms with Gasteiger partial charge in [-0.1, -0.05) is 25.4 Å². The molecule has 0 bridgehead atoms. The van der Waals surface area contributed by atoms with Crippen molar-refractivity contribution in [2.75, 3.05) is 0 Å². The topological polar surface area (TPSA) is 26.3 Å². The van der Waals surface area contributed by atoms with E-state index in [0.29, 0.717) is 0 Å². The van der Waals surface area contributed by atoms with Crippen LogP contribution in [0.1, 0.15) is 25.0 Å². The summed E-state index contributed by atoms with van der Waals surface area (Å²) in [6, 6.07) is 0. The first kappa shape index (κ1) is 18.7. The van der Waals surface area contributed by atoms with E-state index < -0.39 is 69.5 Å². The van der Waals surface area contributed by atoms with E-state index in [0.717, 1.165) is 13.0 Å². The molecular formula is C16H14ClF5O2. The van der Waals surface area contributed by atoms with E-state index in [9.17, 15) is 26.7 Å². The number of carbonyl (C=O) groups is 1. The number of benzene rings is 1. The molecule has 1 fully saturated rings. The second-order valence-electron chi connectivity index (χ2n) is 6.25. The van der Waals surface area contributed by atoms with E-state index in [4.69, 9.17) is 16.3 Å². The summed E-state index contributed by atoms with van der Waals surface area (Å²) in [4.78, 5) is 12.0. The van der Waals surface area contributed by atoms with Crippen LogP contribution in [0.15, 0.2) is 11.4 Å². The van der Waals surface area contributed by atoms with Crippen LogP contribution in [0.5, 0.6) is 0 Å². The van der Waals surface area contributed by atoms with Gasteiger partial charge in [-0.3, -0.25) is 4.79 Å². The molecule has 0 saturated heterocycles. The summed E-state index contributed by atoms with van der Waals surface area (Å²) in [7, 11) is 0. The molecular weight excluding hydrogens is 355 g/mol. The van der Waals surface area contributed by atoms with E-state index >= 15 is 0 Å². The van der Waals surface area contributed by atoms with E-state index in [1.807, 2.05) is 0 Å². The van der Waals surface area contributed by atoms with Crippen molar-refractivity contribution in [3.8, 4) is 0 Å². The quantitative estimate of drug-likeness (QED) is 0.428. The molecule has 2 nitrogen and oxygen atoms in total. The largest absolute Gasteiger partial charge is 0.460 e. The van der Waals surface area contributed by atoms with Gasteiger partial charge in [0.15, 0.2) is 28.6 Å². The summed E-state index contributed by atoms with van der Waals surface area (Å²) in [5.41, 5.74) is -2.46. The number of allylic oxidation sites excluding steroid dienone is 1. The highest BCUT2D eigenvalue weighted by Gasteiger charge is 2.61.